The van der Waals surface area contributed by atoms with E-state index in [1.807, 2.05) is 6.92 Å². The number of carbonyl (C=O) groups is 1. The third-order valence-electron chi connectivity index (χ3n) is 1.84. The van der Waals surface area contributed by atoms with Crippen LogP contribution in [0.1, 0.15) is 26.2 Å². The lowest BCUT2D eigenvalue weighted by Crippen LogP contribution is -2.43. The van der Waals surface area contributed by atoms with Gasteiger partial charge in [0.1, 0.15) is 0 Å². The van der Waals surface area contributed by atoms with E-state index in [0.717, 1.165) is 12.8 Å². The Bertz CT molecular complexity index is 146. The summed E-state index contributed by atoms with van der Waals surface area (Å²) in [4.78, 5) is 10.8. The minimum atomic E-state index is -1.32. The average Bonchev–Trinajstić information content (AvgIpc) is 2.07. The number of rotatable bonds is 6. The Morgan fingerprint density at radius 3 is 2.25 bits per heavy atom. The van der Waals surface area contributed by atoms with Gasteiger partial charge in [-0.2, -0.15) is 0 Å². The molecular formula is C6H16O4Si2. The summed E-state index contributed by atoms with van der Waals surface area (Å²) in [6, 6.07) is 0. The largest absolute Gasteiger partial charge is 0.477 e. The Morgan fingerprint density at radius 1 is 1.50 bits per heavy atom. The number of hydrogen-bond acceptors (Lipinski definition) is 3. The zero-order valence-corrected chi connectivity index (χ0v) is 11.8. The van der Waals surface area contributed by atoms with Crippen LogP contribution in [-0.2, 0) is 13.6 Å². The zero-order chi connectivity index (χ0) is 9.61. The maximum absolute atomic E-state index is 10.8. The van der Waals surface area contributed by atoms with Crippen LogP contribution in [0.15, 0.2) is 0 Å². The van der Waals surface area contributed by atoms with Gasteiger partial charge < -0.3 is 14.0 Å². The Kier molecular flexibility index (Phi) is 5.39. The van der Waals surface area contributed by atoms with Crippen LogP contribution in [-0.4, -0.2) is 37.8 Å². The van der Waals surface area contributed by atoms with E-state index in [1.54, 1.807) is 0 Å². The molecule has 6 heteroatoms. The first kappa shape index (κ1) is 11.8. The maximum atomic E-state index is 10.8. The maximum Gasteiger partial charge on any atom is 0.362 e. The molecule has 0 aromatic carbocycles. The van der Waals surface area contributed by atoms with Crippen molar-refractivity contribution in [1.29, 1.82) is 0 Å². The highest BCUT2D eigenvalue weighted by atomic mass is 28.2. The van der Waals surface area contributed by atoms with Crippen molar-refractivity contribution in [3.63, 3.8) is 0 Å². The van der Waals surface area contributed by atoms with Crippen LogP contribution in [0.25, 0.3) is 0 Å². The first-order valence-electron chi connectivity index (χ1n) is 3.96. The topological polar surface area (TPSA) is 55.8 Å². The quantitative estimate of drug-likeness (QED) is 0.429. The summed E-state index contributed by atoms with van der Waals surface area (Å²) in [6.45, 7) is 2.01. The van der Waals surface area contributed by atoms with Crippen molar-refractivity contribution in [3.8, 4) is 0 Å². The molecule has 12 heavy (non-hydrogen) atoms. The van der Waals surface area contributed by atoms with Gasteiger partial charge in [-0.1, -0.05) is 13.3 Å². The third kappa shape index (κ3) is 2.70. The third-order valence-corrected chi connectivity index (χ3v) is 3.16. The minimum absolute atomic E-state index is 0.387. The molecule has 0 saturated carbocycles. The molecule has 0 radical (unpaired) electrons. The number of hydrogen-bond donors (Lipinski definition) is 1. The Labute approximate surface area is 78.3 Å². The van der Waals surface area contributed by atoms with Crippen LogP contribution in [0, 0.1) is 0 Å². The molecule has 0 aliphatic heterocycles. The summed E-state index contributed by atoms with van der Waals surface area (Å²) in [5.74, 6) is -2.32. The first-order valence-corrected chi connectivity index (χ1v) is 5.60. The predicted octanol–water partition coefficient (Wildman–Crippen LogP) is -1.45. The van der Waals surface area contributed by atoms with Crippen LogP contribution in [0.4, 0.5) is 0 Å². The lowest BCUT2D eigenvalue weighted by molar-refractivity contribution is -0.186. The highest BCUT2D eigenvalue weighted by Crippen LogP contribution is 2.18. The van der Waals surface area contributed by atoms with Gasteiger partial charge in [-0.15, -0.1) is 0 Å². The predicted molar refractivity (Wildman–Crippen MR) is 51.9 cm³/mol. The molecule has 72 valence electrons. The van der Waals surface area contributed by atoms with Gasteiger partial charge in [0.2, 0.25) is 5.79 Å². The lowest BCUT2D eigenvalue weighted by atomic mass is 10.1. The highest BCUT2D eigenvalue weighted by Gasteiger charge is 2.36. The van der Waals surface area contributed by atoms with E-state index in [-0.39, 0.29) is 0 Å². The highest BCUT2D eigenvalue weighted by molar-refractivity contribution is 6.03. The molecule has 0 bridgehead atoms. The van der Waals surface area contributed by atoms with E-state index in [1.165, 1.54) is 0 Å². The lowest BCUT2D eigenvalue weighted by Gasteiger charge is -2.27. The van der Waals surface area contributed by atoms with Gasteiger partial charge in [-0.25, -0.2) is 4.79 Å². The van der Waals surface area contributed by atoms with Gasteiger partial charge in [-0.3, -0.25) is 0 Å². The van der Waals surface area contributed by atoms with Crippen molar-refractivity contribution < 1.29 is 18.8 Å². The van der Waals surface area contributed by atoms with Crippen LogP contribution < -0.4 is 0 Å². The summed E-state index contributed by atoms with van der Waals surface area (Å²) < 4.78 is 10.0. The van der Waals surface area contributed by atoms with E-state index in [0.29, 0.717) is 27.4 Å². The number of carboxylic acid groups (broad SMARTS) is 1. The van der Waals surface area contributed by atoms with Crippen LogP contribution >= 0.6 is 0 Å². The molecule has 0 atom stereocenters. The smallest absolute Gasteiger partial charge is 0.362 e. The van der Waals surface area contributed by atoms with Gasteiger partial charge in [-0.05, 0) is 6.42 Å². The molecule has 0 unspecified atom stereocenters. The zero-order valence-electron chi connectivity index (χ0n) is 7.79. The monoisotopic (exact) mass is 208 g/mol. The molecule has 0 amide bonds. The van der Waals surface area contributed by atoms with Crippen LogP contribution in [0.3, 0.4) is 0 Å². The standard InChI is InChI=1S/C6H16O4Si2/c1-2-3-4-6(9-11,10-12)5(7)8/h2-4H2,1,11-12H3,(H,7,8). The Morgan fingerprint density at radius 2 is 2.00 bits per heavy atom. The second-order valence-electron chi connectivity index (χ2n) is 2.57. The average molecular weight is 208 g/mol. The van der Waals surface area contributed by atoms with Gasteiger partial charge in [0.15, 0.2) is 21.0 Å². The van der Waals surface area contributed by atoms with Gasteiger partial charge >= 0.3 is 5.97 Å². The second-order valence-corrected chi connectivity index (χ2v) is 3.39. The number of unbranched alkanes of at least 4 members (excludes halogenated alkanes) is 1. The van der Waals surface area contributed by atoms with Crippen molar-refractivity contribution in [3.05, 3.63) is 0 Å². The summed E-state index contributed by atoms with van der Waals surface area (Å²) in [6.07, 6.45) is 2.22. The fourth-order valence-electron chi connectivity index (χ4n) is 0.979. The Hall–Kier alpha value is -0.176. The van der Waals surface area contributed by atoms with Gasteiger partial charge in [0, 0.05) is 6.42 Å². The number of aliphatic carboxylic acids is 1. The molecule has 0 heterocycles. The second kappa shape index (κ2) is 5.47. The molecule has 0 spiro atoms. The van der Waals surface area contributed by atoms with Gasteiger partial charge in [0.25, 0.3) is 0 Å². The molecule has 0 aromatic heterocycles. The SMILES string of the molecule is CCCCC(O[SiH3])(O[SiH3])C(=O)O. The van der Waals surface area contributed by atoms with E-state index in [9.17, 15) is 4.79 Å². The summed E-state index contributed by atoms with van der Waals surface area (Å²) >= 11 is 0. The molecule has 4 nitrogen and oxygen atoms in total. The molecular weight excluding hydrogens is 192 g/mol. The number of carboxylic acids is 1. The van der Waals surface area contributed by atoms with Crippen LogP contribution in [0.5, 0.6) is 0 Å². The molecule has 0 saturated heterocycles. The fraction of sp³-hybridized carbons (Fsp3) is 0.833. The van der Waals surface area contributed by atoms with E-state index >= 15 is 0 Å². The Balaban J connectivity index is 4.25. The molecule has 0 aromatic rings. The molecule has 0 rings (SSSR count). The van der Waals surface area contributed by atoms with Gasteiger partial charge in [0.05, 0.1) is 0 Å². The molecule has 0 aliphatic carbocycles. The van der Waals surface area contributed by atoms with Crippen molar-refractivity contribution in [2.75, 3.05) is 0 Å². The summed E-state index contributed by atoms with van der Waals surface area (Å²) in [5.41, 5.74) is 0. The first-order chi connectivity index (χ1) is 5.63. The van der Waals surface area contributed by atoms with Crippen molar-refractivity contribution >= 4 is 26.9 Å². The van der Waals surface area contributed by atoms with E-state index in [2.05, 4.69) is 0 Å². The van der Waals surface area contributed by atoms with E-state index in [4.69, 9.17) is 14.0 Å². The minimum Gasteiger partial charge on any atom is -0.477 e. The van der Waals surface area contributed by atoms with Crippen molar-refractivity contribution in [1.82, 2.24) is 0 Å². The summed E-state index contributed by atoms with van der Waals surface area (Å²) in [7, 11) is 0.774. The normalized spacial score (nSPS) is 16.1. The summed E-state index contributed by atoms with van der Waals surface area (Å²) in [5, 5.41) is 8.84. The van der Waals surface area contributed by atoms with E-state index < -0.39 is 11.8 Å². The molecule has 0 aliphatic rings. The van der Waals surface area contributed by atoms with Crippen molar-refractivity contribution in [2.24, 2.45) is 0 Å². The molecule has 1 N–H and O–H groups in total. The van der Waals surface area contributed by atoms with Crippen molar-refractivity contribution in [2.45, 2.75) is 32.0 Å². The fourth-order valence-corrected chi connectivity index (χ4v) is 2.40. The van der Waals surface area contributed by atoms with Crippen LogP contribution in [0.2, 0.25) is 0 Å². The molecule has 0 fully saturated rings.